The number of benzene rings is 1. The summed E-state index contributed by atoms with van der Waals surface area (Å²) >= 11 is 3.38. The van der Waals surface area contributed by atoms with Crippen LogP contribution >= 0.6 is 15.9 Å². The van der Waals surface area contributed by atoms with E-state index < -0.39 is 0 Å². The number of amides is 1. The lowest BCUT2D eigenvalue weighted by Gasteiger charge is -2.11. The number of halogens is 1. The van der Waals surface area contributed by atoms with Crippen LogP contribution in [0.2, 0.25) is 0 Å². The second-order valence-electron chi connectivity index (χ2n) is 5.66. The number of hydrogen-bond donors (Lipinski definition) is 1. The molecule has 0 spiro atoms. The fourth-order valence-corrected chi connectivity index (χ4v) is 2.83. The number of carbonyl (C=O) groups excluding carboxylic acids is 1. The maximum Gasteiger partial charge on any atom is 0.267 e. The Bertz CT molecular complexity index is 767. The first-order valence-electron chi connectivity index (χ1n) is 7.84. The van der Waals surface area contributed by atoms with Crippen LogP contribution in [0.25, 0.3) is 11.3 Å². The zero-order valence-electron chi connectivity index (χ0n) is 13.1. The summed E-state index contributed by atoms with van der Waals surface area (Å²) in [7, 11) is 0. The standard InChI is InChI=1S/C17H18BrN3O3/c18-13-5-3-12(4-6-13)15-7-8-17(23)21(20-15)11-16(22)19-10-14-2-1-9-24-14/h3-8,14H,1-2,9-11H2,(H,19,22)/t14-/m1/s1. The van der Waals surface area contributed by atoms with E-state index in [9.17, 15) is 9.59 Å². The molecule has 0 radical (unpaired) electrons. The third kappa shape index (κ3) is 4.30. The molecule has 1 aromatic heterocycles. The van der Waals surface area contributed by atoms with Crippen LogP contribution in [0.1, 0.15) is 12.8 Å². The predicted octanol–water partition coefficient (Wildman–Crippen LogP) is 1.97. The molecule has 0 aliphatic carbocycles. The van der Waals surface area contributed by atoms with Crippen molar-refractivity contribution < 1.29 is 9.53 Å². The van der Waals surface area contributed by atoms with Gasteiger partial charge in [0.15, 0.2) is 0 Å². The van der Waals surface area contributed by atoms with E-state index in [0.717, 1.165) is 29.5 Å². The van der Waals surface area contributed by atoms with Crippen LogP contribution in [0, 0.1) is 0 Å². The summed E-state index contributed by atoms with van der Waals surface area (Å²) < 4.78 is 7.61. The lowest BCUT2D eigenvalue weighted by Crippen LogP contribution is -2.37. The van der Waals surface area contributed by atoms with Gasteiger partial charge < -0.3 is 10.1 Å². The molecule has 1 amide bonds. The maximum absolute atomic E-state index is 12.0. The van der Waals surface area contributed by atoms with Gasteiger partial charge >= 0.3 is 0 Å². The number of nitrogens with one attached hydrogen (secondary N) is 1. The molecule has 1 N–H and O–H groups in total. The number of aromatic nitrogens is 2. The van der Waals surface area contributed by atoms with E-state index in [4.69, 9.17) is 4.74 Å². The molecule has 0 bridgehead atoms. The van der Waals surface area contributed by atoms with Crippen molar-refractivity contribution in [3.63, 3.8) is 0 Å². The minimum absolute atomic E-state index is 0.0766. The van der Waals surface area contributed by atoms with E-state index in [1.807, 2.05) is 24.3 Å². The van der Waals surface area contributed by atoms with Gasteiger partial charge in [0, 0.05) is 29.3 Å². The first-order valence-corrected chi connectivity index (χ1v) is 8.63. The summed E-state index contributed by atoms with van der Waals surface area (Å²) in [5.41, 5.74) is 1.23. The fourth-order valence-electron chi connectivity index (χ4n) is 2.56. The Kier molecular flexibility index (Phi) is 5.42. The summed E-state index contributed by atoms with van der Waals surface area (Å²) in [5.74, 6) is -0.243. The number of ether oxygens (including phenoxy) is 1. The number of nitrogens with zero attached hydrogens (tertiary/aromatic N) is 2. The molecule has 0 unspecified atom stereocenters. The van der Waals surface area contributed by atoms with Gasteiger partial charge in [0.2, 0.25) is 5.91 Å². The van der Waals surface area contributed by atoms with Crippen molar-refractivity contribution in [2.24, 2.45) is 0 Å². The van der Waals surface area contributed by atoms with Gasteiger partial charge in [0.25, 0.3) is 5.56 Å². The third-order valence-electron chi connectivity index (χ3n) is 3.85. The molecule has 6 nitrogen and oxygen atoms in total. The van der Waals surface area contributed by atoms with Gasteiger partial charge in [-0.15, -0.1) is 0 Å². The summed E-state index contributed by atoms with van der Waals surface area (Å²) in [6.07, 6.45) is 2.06. The highest BCUT2D eigenvalue weighted by Gasteiger charge is 2.16. The molecular formula is C17H18BrN3O3. The van der Waals surface area contributed by atoms with Crippen molar-refractivity contribution in [1.29, 1.82) is 0 Å². The van der Waals surface area contributed by atoms with Crippen LogP contribution in [0.3, 0.4) is 0 Å². The lowest BCUT2D eigenvalue weighted by atomic mass is 10.1. The second kappa shape index (κ2) is 7.72. The Morgan fingerprint density at radius 3 is 2.79 bits per heavy atom. The van der Waals surface area contributed by atoms with Gasteiger partial charge in [-0.05, 0) is 31.0 Å². The highest BCUT2D eigenvalue weighted by molar-refractivity contribution is 9.10. The van der Waals surface area contributed by atoms with Crippen LogP contribution in [0.15, 0.2) is 45.7 Å². The first-order chi connectivity index (χ1) is 11.6. The largest absolute Gasteiger partial charge is 0.376 e. The van der Waals surface area contributed by atoms with E-state index in [1.54, 1.807) is 6.07 Å². The Morgan fingerprint density at radius 1 is 1.29 bits per heavy atom. The molecule has 1 fully saturated rings. The molecule has 7 heteroatoms. The van der Waals surface area contributed by atoms with Crippen LogP contribution < -0.4 is 10.9 Å². The van der Waals surface area contributed by atoms with Crippen LogP contribution in [0.4, 0.5) is 0 Å². The van der Waals surface area contributed by atoms with Crippen molar-refractivity contribution in [2.75, 3.05) is 13.2 Å². The molecule has 3 rings (SSSR count). The Balaban J connectivity index is 1.68. The number of rotatable bonds is 5. The number of carbonyl (C=O) groups is 1. The molecule has 24 heavy (non-hydrogen) atoms. The highest BCUT2D eigenvalue weighted by Crippen LogP contribution is 2.18. The van der Waals surface area contributed by atoms with E-state index in [1.165, 1.54) is 10.7 Å². The monoisotopic (exact) mass is 391 g/mol. The van der Waals surface area contributed by atoms with E-state index in [0.29, 0.717) is 12.2 Å². The van der Waals surface area contributed by atoms with Gasteiger partial charge in [-0.1, -0.05) is 28.1 Å². The average Bonchev–Trinajstić information content (AvgIpc) is 3.09. The second-order valence-corrected chi connectivity index (χ2v) is 6.58. The SMILES string of the molecule is O=C(Cn1nc(-c2ccc(Br)cc2)ccc1=O)NC[C@H]1CCCO1. The van der Waals surface area contributed by atoms with Crippen molar-refractivity contribution in [3.05, 3.63) is 51.2 Å². The van der Waals surface area contributed by atoms with Crippen molar-refractivity contribution >= 4 is 21.8 Å². The molecule has 1 aliphatic rings. The molecular weight excluding hydrogens is 374 g/mol. The minimum Gasteiger partial charge on any atom is -0.376 e. The first kappa shape index (κ1) is 16.9. The van der Waals surface area contributed by atoms with Crippen molar-refractivity contribution in [3.8, 4) is 11.3 Å². The summed E-state index contributed by atoms with van der Waals surface area (Å²) in [4.78, 5) is 24.0. The summed E-state index contributed by atoms with van der Waals surface area (Å²) in [5, 5.41) is 7.09. The van der Waals surface area contributed by atoms with Crippen LogP contribution in [-0.2, 0) is 16.1 Å². The topological polar surface area (TPSA) is 73.2 Å². The maximum atomic E-state index is 12.0. The van der Waals surface area contributed by atoms with Crippen molar-refractivity contribution in [1.82, 2.24) is 15.1 Å². The highest BCUT2D eigenvalue weighted by atomic mass is 79.9. The molecule has 1 atom stereocenters. The van der Waals surface area contributed by atoms with Gasteiger partial charge in [0.1, 0.15) is 6.54 Å². The molecule has 2 aromatic rings. The van der Waals surface area contributed by atoms with Gasteiger partial charge in [0.05, 0.1) is 11.8 Å². The minimum atomic E-state index is -0.303. The van der Waals surface area contributed by atoms with Gasteiger partial charge in [-0.2, -0.15) is 5.10 Å². The Labute approximate surface area is 148 Å². The lowest BCUT2D eigenvalue weighted by molar-refractivity contribution is -0.122. The molecule has 1 aromatic carbocycles. The zero-order chi connectivity index (χ0) is 16.9. The fraction of sp³-hybridized carbons (Fsp3) is 0.353. The van der Waals surface area contributed by atoms with Crippen LogP contribution in [-0.4, -0.2) is 34.9 Å². The molecule has 0 saturated carbocycles. The van der Waals surface area contributed by atoms with E-state index >= 15 is 0 Å². The third-order valence-corrected chi connectivity index (χ3v) is 4.38. The Hall–Kier alpha value is -1.99. The van der Waals surface area contributed by atoms with E-state index in [-0.39, 0.29) is 24.1 Å². The predicted molar refractivity (Wildman–Crippen MR) is 93.6 cm³/mol. The van der Waals surface area contributed by atoms with Gasteiger partial charge in [-0.3, -0.25) is 9.59 Å². The molecule has 126 valence electrons. The van der Waals surface area contributed by atoms with E-state index in [2.05, 4.69) is 26.3 Å². The van der Waals surface area contributed by atoms with Crippen molar-refractivity contribution in [2.45, 2.75) is 25.5 Å². The quantitative estimate of drug-likeness (QED) is 0.845. The zero-order valence-corrected chi connectivity index (χ0v) is 14.7. The summed E-state index contributed by atoms with van der Waals surface area (Å²) in [6.45, 7) is 1.12. The number of hydrogen-bond acceptors (Lipinski definition) is 4. The average molecular weight is 392 g/mol. The molecule has 1 saturated heterocycles. The summed E-state index contributed by atoms with van der Waals surface area (Å²) in [6, 6.07) is 10.7. The molecule has 2 heterocycles. The normalized spacial score (nSPS) is 17.0. The van der Waals surface area contributed by atoms with Crippen LogP contribution in [0.5, 0.6) is 0 Å². The van der Waals surface area contributed by atoms with Gasteiger partial charge in [-0.25, -0.2) is 4.68 Å². The molecule has 1 aliphatic heterocycles. The smallest absolute Gasteiger partial charge is 0.267 e. The Morgan fingerprint density at radius 2 is 2.08 bits per heavy atom.